The summed E-state index contributed by atoms with van der Waals surface area (Å²) in [5, 5.41) is 9.26. The molecule has 3 rings (SSSR count). The maximum atomic E-state index is 9.26. The van der Waals surface area contributed by atoms with Crippen LogP contribution in [0.1, 0.15) is 11.3 Å². The van der Waals surface area contributed by atoms with Crippen LogP contribution in [0.3, 0.4) is 0 Å². The number of aryl methyl sites for hydroxylation is 1. The fraction of sp³-hybridized carbons (Fsp3) is 0.154. The summed E-state index contributed by atoms with van der Waals surface area (Å²) in [5.74, 6) is 0.268. The van der Waals surface area contributed by atoms with Gasteiger partial charge in [0.05, 0.1) is 12.0 Å². The summed E-state index contributed by atoms with van der Waals surface area (Å²) < 4.78 is 1.87. The standard InChI is InChI=1S/C13H12N4O/c1-17-8-16-12-11(14-7-15-13(12)17)6-9-2-4-10(18)5-3-9/h2-5,7-8,18H,6H2,1H3. The molecular weight excluding hydrogens is 228 g/mol. The lowest BCUT2D eigenvalue weighted by atomic mass is 10.1. The molecule has 0 amide bonds. The molecule has 2 aromatic heterocycles. The lowest BCUT2D eigenvalue weighted by Crippen LogP contribution is -1.96. The molecule has 0 radical (unpaired) electrons. The molecule has 0 unspecified atom stereocenters. The van der Waals surface area contributed by atoms with Gasteiger partial charge in [-0.05, 0) is 17.7 Å². The van der Waals surface area contributed by atoms with Crippen molar-refractivity contribution in [2.24, 2.45) is 7.05 Å². The van der Waals surface area contributed by atoms with Crippen molar-refractivity contribution >= 4 is 11.2 Å². The van der Waals surface area contributed by atoms with Crippen LogP contribution >= 0.6 is 0 Å². The van der Waals surface area contributed by atoms with E-state index in [4.69, 9.17) is 0 Å². The molecule has 0 bridgehead atoms. The van der Waals surface area contributed by atoms with Crippen LogP contribution in [-0.4, -0.2) is 24.6 Å². The van der Waals surface area contributed by atoms with Gasteiger partial charge in [-0.1, -0.05) is 12.1 Å². The van der Waals surface area contributed by atoms with Crippen LogP contribution in [0.4, 0.5) is 0 Å². The number of fused-ring (bicyclic) bond motifs is 1. The first kappa shape index (κ1) is 10.7. The molecule has 5 heteroatoms. The van der Waals surface area contributed by atoms with Crippen molar-refractivity contribution in [1.29, 1.82) is 0 Å². The molecule has 2 heterocycles. The highest BCUT2D eigenvalue weighted by molar-refractivity contribution is 5.73. The van der Waals surface area contributed by atoms with Gasteiger partial charge >= 0.3 is 0 Å². The molecule has 0 spiro atoms. The number of aromatic nitrogens is 4. The number of phenols is 1. The van der Waals surface area contributed by atoms with Crippen molar-refractivity contribution in [3.63, 3.8) is 0 Å². The molecule has 1 aromatic carbocycles. The Morgan fingerprint density at radius 2 is 1.89 bits per heavy atom. The summed E-state index contributed by atoms with van der Waals surface area (Å²) >= 11 is 0. The number of aromatic hydroxyl groups is 1. The molecule has 0 aliphatic rings. The molecule has 3 aromatic rings. The van der Waals surface area contributed by atoms with E-state index in [9.17, 15) is 5.11 Å². The Labute approximate surface area is 104 Å². The second-order valence-corrected chi connectivity index (χ2v) is 4.19. The molecule has 0 saturated carbocycles. The minimum Gasteiger partial charge on any atom is -0.508 e. The van der Waals surface area contributed by atoms with Gasteiger partial charge in [0.25, 0.3) is 0 Å². The smallest absolute Gasteiger partial charge is 0.163 e. The fourth-order valence-electron chi connectivity index (χ4n) is 1.93. The van der Waals surface area contributed by atoms with Crippen LogP contribution in [0.25, 0.3) is 11.2 Å². The van der Waals surface area contributed by atoms with E-state index >= 15 is 0 Å². The topological polar surface area (TPSA) is 63.8 Å². The first-order chi connectivity index (χ1) is 8.74. The van der Waals surface area contributed by atoms with Crippen molar-refractivity contribution in [3.05, 3.63) is 48.2 Å². The van der Waals surface area contributed by atoms with Crippen LogP contribution in [-0.2, 0) is 13.5 Å². The predicted octanol–water partition coefficient (Wildman–Crippen LogP) is 1.66. The molecule has 0 atom stereocenters. The van der Waals surface area contributed by atoms with E-state index in [0.29, 0.717) is 6.42 Å². The van der Waals surface area contributed by atoms with Crippen molar-refractivity contribution in [2.75, 3.05) is 0 Å². The largest absolute Gasteiger partial charge is 0.508 e. The Balaban J connectivity index is 2.02. The van der Waals surface area contributed by atoms with Crippen LogP contribution in [0.5, 0.6) is 5.75 Å². The number of phenolic OH excluding ortho intramolecular Hbond substituents is 1. The van der Waals surface area contributed by atoms with Gasteiger partial charge in [-0.25, -0.2) is 15.0 Å². The number of rotatable bonds is 2. The van der Waals surface area contributed by atoms with Crippen LogP contribution < -0.4 is 0 Å². The minimum atomic E-state index is 0.268. The van der Waals surface area contributed by atoms with Crippen molar-refractivity contribution in [3.8, 4) is 5.75 Å². The Bertz CT molecular complexity index is 688. The maximum absolute atomic E-state index is 9.26. The monoisotopic (exact) mass is 240 g/mol. The maximum Gasteiger partial charge on any atom is 0.163 e. The van der Waals surface area contributed by atoms with Crippen molar-refractivity contribution < 1.29 is 5.11 Å². The predicted molar refractivity (Wildman–Crippen MR) is 67.2 cm³/mol. The third kappa shape index (κ3) is 1.79. The van der Waals surface area contributed by atoms with E-state index in [1.165, 1.54) is 0 Å². The average molecular weight is 240 g/mol. The number of benzene rings is 1. The summed E-state index contributed by atoms with van der Waals surface area (Å²) in [5.41, 5.74) is 3.64. The van der Waals surface area contributed by atoms with Crippen molar-refractivity contribution in [2.45, 2.75) is 6.42 Å². The van der Waals surface area contributed by atoms with E-state index < -0.39 is 0 Å². The zero-order valence-corrected chi connectivity index (χ0v) is 9.91. The zero-order chi connectivity index (χ0) is 12.5. The van der Waals surface area contributed by atoms with Gasteiger partial charge in [0.2, 0.25) is 0 Å². The van der Waals surface area contributed by atoms with Crippen LogP contribution in [0.15, 0.2) is 36.9 Å². The second-order valence-electron chi connectivity index (χ2n) is 4.19. The van der Waals surface area contributed by atoms with E-state index in [2.05, 4.69) is 15.0 Å². The van der Waals surface area contributed by atoms with Crippen molar-refractivity contribution in [1.82, 2.24) is 19.5 Å². The third-order valence-electron chi connectivity index (χ3n) is 2.88. The van der Waals surface area contributed by atoms with Gasteiger partial charge in [0, 0.05) is 13.5 Å². The SMILES string of the molecule is Cn1cnc2c(Cc3ccc(O)cc3)ncnc21. The third-order valence-corrected chi connectivity index (χ3v) is 2.88. The van der Waals surface area contributed by atoms with E-state index in [1.54, 1.807) is 24.8 Å². The summed E-state index contributed by atoms with van der Waals surface area (Å²) in [6.45, 7) is 0. The highest BCUT2D eigenvalue weighted by atomic mass is 16.3. The quantitative estimate of drug-likeness (QED) is 0.740. The Morgan fingerprint density at radius 1 is 1.11 bits per heavy atom. The lowest BCUT2D eigenvalue weighted by molar-refractivity contribution is 0.475. The van der Waals surface area contributed by atoms with E-state index in [0.717, 1.165) is 22.4 Å². The number of nitrogens with zero attached hydrogens (tertiary/aromatic N) is 4. The molecule has 5 nitrogen and oxygen atoms in total. The first-order valence-corrected chi connectivity index (χ1v) is 5.63. The molecule has 90 valence electrons. The van der Waals surface area contributed by atoms with Crippen LogP contribution in [0.2, 0.25) is 0 Å². The van der Waals surface area contributed by atoms with Gasteiger partial charge in [0.1, 0.15) is 17.6 Å². The molecule has 0 saturated heterocycles. The second kappa shape index (κ2) is 4.10. The average Bonchev–Trinajstić information content (AvgIpc) is 2.76. The van der Waals surface area contributed by atoms with Gasteiger partial charge in [-0.2, -0.15) is 0 Å². The number of imidazole rings is 1. The first-order valence-electron chi connectivity index (χ1n) is 5.63. The summed E-state index contributed by atoms with van der Waals surface area (Å²) in [6.07, 6.45) is 3.97. The molecule has 18 heavy (non-hydrogen) atoms. The van der Waals surface area contributed by atoms with Gasteiger partial charge in [-0.15, -0.1) is 0 Å². The highest BCUT2D eigenvalue weighted by Gasteiger charge is 2.08. The molecular formula is C13H12N4O. The summed E-state index contributed by atoms with van der Waals surface area (Å²) in [6, 6.07) is 7.11. The highest BCUT2D eigenvalue weighted by Crippen LogP contribution is 2.17. The molecule has 0 aliphatic heterocycles. The fourth-order valence-corrected chi connectivity index (χ4v) is 1.93. The summed E-state index contributed by atoms with van der Waals surface area (Å²) in [4.78, 5) is 12.8. The Hall–Kier alpha value is -2.43. The molecule has 0 fully saturated rings. The van der Waals surface area contributed by atoms with Crippen LogP contribution in [0, 0.1) is 0 Å². The number of hydrogen-bond acceptors (Lipinski definition) is 4. The van der Waals surface area contributed by atoms with E-state index in [1.807, 2.05) is 23.7 Å². The zero-order valence-electron chi connectivity index (χ0n) is 9.91. The van der Waals surface area contributed by atoms with Gasteiger partial charge in [0.15, 0.2) is 5.65 Å². The summed E-state index contributed by atoms with van der Waals surface area (Å²) in [7, 11) is 1.91. The number of hydrogen-bond donors (Lipinski definition) is 1. The Kier molecular flexibility index (Phi) is 2.44. The molecule has 1 N–H and O–H groups in total. The lowest BCUT2D eigenvalue weighted by Gasteiger charge is -2.02. The normalized spacial score (nSPS) is 10.9. The van der Waals surface area contributed by atoms with E-state index in [-0.39, 0.29) is 5.75 Å². The molecule has 0 aliphatic carbocycles. The Morgan fingerprint density at radius 3 is 2.67 bits per heavy atom. The van der Waals surface area contributed by atoms with Gasteiger partial charge in [-0.3, -0.25) is 0 Å². The minimum absolute atomic E-state index is 0.268. The van der Waals surface area contributed by atoms with Gasteiger partial charge < -0.3 is 9.67 Å².